The molecule has 4 aromatic rings. The Labute approximate surface area is 164 Å². The Morgan fingerprint density at radius 2 is 1.93 bits per heavy atom. The summed E-state index contributed by atoms with van der Waals surface area (Å²) in [5.74, 6) is -0.687. The van der Waals surface area contributed by atoms with E-state index < -0.39 is 5.82 Å². The van der Waals surface area contributed by atoms with Crippen LogP contribution in [-0.4, -0.2) is 31.4 Å². The van der Waals surface area contributed by atoms with Crippen LogP contribution in [0.3, 0.4) is 0 Å². The lowest BCUT2D eigenvalue weighted by Gasteiger charge is -2.06. The predicted octanol–water partition coefficient (Wildman–Crippen LogP) is 3.99. The van der Waals surface area contributed by atoms with Crippen molar-refractivity contribution in [3.8, 4) is 5.69 Å². The van der Waals surface area contributed by atoms with Crippen LogP contribution >= 0.6 is 11.8 Å². The van der Waals surface area contributed by atoms with Gasteiger partial charge >= 0.3 is 0 Å². The van der Waals surface area contributed by atoms with Crippen LogP contribution in [-0.2, 0) is 4.79 Å². The largest absolute Gasteiger partial charge is 0.323 e. The molecule has 0 unspecified atom stereocenters. The highest BCUT2D eigenvalue weighted by molar-refractivity contribution is 8.00. The van der Waals surface area contributed by atoms with Gasteiger partial charge in [0.15, 0.2) is 5.65 Å². The van der Waals surface area contributed by atoms with Crippen molar-refractivity contribution in [2.75, 3.05) is 11.1 Å². The van der Waals surface area contributed by atoms with Gasteiger partial charge in [-0.1, -0.05) is 41.6 Å². The van der Waals surface area contributed by atoms with Crippen LogP contribution in [0.4, 0.5) is 10.1 Å². The summed E-state index contributed by atoms with van der Waals surface area (Å²) in [5.41, 5.74) is 2.88. The predicted molar refractivity (Wildman–Crippen MR) is 107 cm³/mol. The van der Waals surface area contributed by atoms with E-state index in [0.717, 1.165) is 16.6 Å². The first-order chi connectivity index (χ1) is 13.6. The molecule has 0 aliphatic rings. The molecule has 0 radical (unpaired) electrons. The zero-order valence-electron chi connectivity index (χ0n) is 15.0. The summed E-state index contributed by atoms with van der Waals surface area (Å²) in [6.45, 7) is 2.02. The van der Waals surface area contributed by atoms with Gasteiger partial charge in [-0.2, -0.15) is 5.10 Å². The number of nitrogens with one attached hydrogen (secondary N) is 1. The quantitative estimate of drug-likeness (QED) is 0.410. The first kappa shape index (κ1) is 18.1. The monoisotopic (exact) mass is 393 g/mol. The molecular weight excluding hydrogens is 377 g/mol. The fourth-order valence-electron chi connectivity index (χ4n) is 2.70. The first-order valence-electron chi connectivity index (χ1n) is 8.55. The van der Waals surface area contributed by atoms with Gasteiger partial charge < -0.3 is 5.32 Å². The van der Waals surface area contributed by atoms with E-state index >= 15 is 0 Å². The van der Waals surface area contributed by atoms with Crippen LogP contribution in [0.5, 0.6) is 0 Å². The zero-order chi connectivity index (χ0) is 19.5. The van der Waals surface area contributed by atoms with Crippen molar-refractivity contribution in [2.45, 2.75) is 11.9 Å². The third-order valence-corrected chi connectivity index (χ3v) is 5.10. The molecule has 0 aliphatic carbocycles. The van der Waals surface area contributed by atoms with E-state index in [1.807, 2.05) is 31.2 Å². The van der Waals surface area contributed by atoms with Crippen molar-refractivity contribution in [1.82, 2.24) is 19.7 Å². The van der Waals surface area contributed by atoms with E-state index in [1.165, 1.54) is 30.2 Å². The second kappa shape index (κ2) is 7.77. The third kappa shape index (κ3) is 3.72. The molecule has 2 aromatic carbocycles. The summed E-state index contributed by atoms with van der Waals surface area (Å²) >= 11 is 1.26. The summed E-state index contributed by atoms with van der Waals surface area (Å²) in [6.07, 6.45) is 3.14. The molecule has 0 saturated heterocycles. The SMILES string of the molecule is Cc1ccc(-n2ncc3c(SCC(=O)Nc4ccccc4F)ncnc32)cc1. The number of amides is 1. The van der Waals surface area contributed by atoms with Crippen molar-refractivity contribution < 1.29 is 9.18 Å². The van der Waals surface area contributed by atoms with Gasteiger partial charge in [0.1, 0.15) is 17.2 Å². The van der Waals surface area contributed by atoms with Crippen LogP contribution in [0.15, 0.2) is 66.1 Å². The number of aryl methyl sites for hydroxylation is 1. The van der Waals surface area contributed by atoms with Gasteiger partial charge in [0.05, 0.1) is 28.7 Å². The van der Waals surface area contributed by atoms with E-state index in [4.69, 9.17) is 0 Å². The topological polar surface area (TPSA) is 72.7 Å². The third-order valence-electron chi connectivity index (χ3n) is 4.10. The number of hydrogen-bond acceptors (Lipinski definition) is 5. The molecule has 4 rings (SSSR count). The lowest BCUT2D eigenvalue weighted by Crippen LogP contribution is -2.15. The molecular formula is C20H16FN5OS. The minimum Gasteiger partial charge on any atom is -0.323 e. The Kier molecular flexibility index (Phi) is 5.03. The molecule has 6 nitrogen and oxygen atoms in total. The highest BCUT2D eigenvalue weighted by Crippen LogP contribution is 2.26. The average Bonchev–Trinajstić information content (AvgIpc) is 3.13. The maximum Gasteiger partial charge on any atom is 0.234 e. The Hall–Kier alpha value is -3.26. The van der Waals surface area contributed by atoms with Gasteiger partial charge in [-0.25, -0.2) is 19.0 Å². The molecule has 140 valence electrons. The van der Waals surface area contributed by atoms with E-state index in [0.29, 0.717) is 10.7 Å². The van der Waals surface area contributed by atoms with E-state index in [2.05, 4.69) is 20.4 Å². The number of halogens is 1. The number of aromatic nitrogens is 4. The molecule has 0 fully saturated rings. The normalized spacial score (nSPS) is 10.9. The molecule has 0 atom stereocenters. The van der Waals surface area contributed by atoms with Crippen molar-refractivity contribution in [2.24, 2.45) is 0 Å². The fraction of sp³-hybridized carbons (Fsp3) is 0.100. The number of carbonyl (C=O) groups is 1. The van der Waals surface area contributed by atoms with Crippen LogP contribution < -0.4 is 5.32 Å². The van der Waals surface area contributed by atoms with Gasteiger partial charge in [0.25, 0.3) is 0 Å². The molecule has 1 N–H and O–H groups in total. The number of thioether (sulfide) groups is 1. The Balaban J connectivity index is 1.52. The van der Waals surface area contributed by atoms with Crippen LogP contribution in [0.2, 0.25) is 0 Å². The first-order valence-corrected chi connectivity index (χ1v) is 9.53. The van der Waals surface area contributed by atoms with Crippen LogP contribution in [0, 0.1) is 12.7 Å². The van der Waals surface area contributed by atoms with Crippen molar-refractivity contribution >= 4 is 34.4 Å². The minimum absolute atomic E-state index is 0.0934. The van der Waals surface area contributed by atoms with Gasteiger partial charge in [-0.3, -0.25) is 4.79 Å². The maximum absolute atomic E-state index is 13.7. The second-order valence-electron chi connectivity index (χ2n) is 6.12. The molecule has 1 amide bonds. The number of rotatable bonds is 5. The molecule has 8 heteroatoms. The standard InChI is InChI=1S/C20H16FN5OS/c1-13-6-8-14(9-7-13)26-19-15(10-24-26)20(23-12-22-19)28-11-18(27)25-17-5-3-2-4-16(17)21/h2-10,12H,11H2,1H3,(H,25,27). The van der Waals surface area contributed by atoms with Crippen LogP contribution in [0.25, 0.3) is 16.7 Å². The lowest BCUT2D eigenvalue weighted by molar-refractivity contribution is -0.113. The summed E-state index contributed by atoms with van der Waals surface area (Å²) < 4.78 is 15.4. The number of nitrogens with zero attached hydrogens (tertiary/aromatic N) is 4. The molecule has 0 saturated carbocycles. The average molecular weight is 393 g/mol. The smallest absolute Gasteiger partial charge is 0.234 e. The number of anilines is 1. The van der Waals surface area contributed by atoms with E-state index in [-0.39, 0.29) is 17.3 Å². The fourth-order valence-corrected chi connectivity index (χ4v) is 3.46. The Bertz CT molecular complexity index is 1140. The number of fused-ring (bicyclic) bond motifs is 1. The highest BCUT2D eigenvalue weighted by Gasteiger charge is 2.13. The Morgan fingerprint density at radius 3 is 2.71 bits per heavy atom. The molecule has 2 aromatic heterocycles. The number of hydrogen-bond donors (Lipinski definition) is 1. The number of carbonyl (C=O) groups excluding carboxylic acids is 1. The van der Waals surface area contributed by atoms with Gasteiger partial charge in [0, 0.05) is 0 Å². The summed E-state index contributed by atoms with van der Waals surface area (Å²) in [4.78, 5) is 20.8. The van der Waals surface area contributed by atoms with Gasteiger partial charge in [-0.15, -0.1) is 0 Å². The second-order valence-corrected chi connectivity index (χ2v) is 7.09. The van der Waals surface area contributed by atoms with Gasteiger partial charge in [0.2, 0.25) is 5.91 Å². The minimum atomic E-state index is -0.468. The van der Waals surface area contributed by atoms with Crippen molar-refractivity contribution in [3.63, 3.8) is 0 Å². The summed E-state index contributed by atoms with van der Waals surface area (Å²) in [7, 11) is 0. The number of benzene rings is 2. The summed E-state index contributed by atoms with van der Waals surface area (Å²) in [6, 6.07) is 14.0. The highest BCUT2D eigenvalue weighted by atomic mass is 32.2. The molecule has 0 aliphatic heterocycles. The zero-order valence-corrected chi connectivity index (χ0v) is 15.8. The Morgan fingerprint density at radius 1 is 1.14 bits per heavy atom. The maximum atomic E-state index is 13.7. The van der Waals surface area contributed by atoms with Crippen molar-refractivity contribution in [1.29, 1.82) is 0 Å². The van der Waals surface area contributed by atoms with Gasteiger partial charge in [-0.05, 0) is 31.2 Å². The number of para-hydroxylation sites is 1. The van der Waals surface area contributed by atoms with E-state index in [1.54, 1.807) is 23.0 Å². The van der Waals surface area contributed by atoms with Crippen LogP contribution in [0.1, 0.15) is 5.56 Å². The lowest BCUT2D eigenvalue weighted by atomic mass is 10.2. The van der Waals surface area contributed by atoms with E-state index in [9.17, 15) is 9.18 Å². The summed E-state index contributed by atoms with van der Waals surface area (Å²) in [5, 5.41) is 8.38. The molecule has 0 bridgehead atoms. The van der Waals surface area contributed by atoms with Crippen molar-refractivity contribution in [3.05, 3.63) is 72.4 Å². The molecule has 28 heavy (non-hydrogen) atoms. The molecule has 0 spiro atoms. The molecule has 2 heterocycles.